The highest BCUT2D eigenvalue weighted by Crippen LogP contribution is 2.36. The fourth-order valence-corrected chi connectivity index (χ4v) is 4.15. The Labute approximate surface area is 123 Å². The minimum Gasteiger partial charge on any atom is -0.418 e. The summed E-state index contributed by atoms with van der Waals surface area (Å²) in [7, 11) is -6.37. The van der Waals surface area contributed by atoms with E-state index in [-0.39, 0.29) is 4.90 Å². The summed E-state index contributed by atoms with van der Waals surface area (Å²) in [5, 5.41) is 0. The van der Waals surface area contributed by atoms with Crippen LogP contribution in [0, 0.1) is 0 Å². The number of halogens is 7. The average molecular weight is 358 g/mol. The number of alkyl halides is 3. The van der Waals surface area contributed by atoms with Gasteiger partial charge in [-0.1, -0.05) is 18.2 Å². The molecule has 116 valence electrons. The highest BCUT2D eigenvalue weighted by atomic mass is 35.5. The maximum absolute atomic E-state index is 13.6. The average Bonchev–Trinajstić information content (AvgIpc) is 2.25. The van der Waals surface area contributed by atoms with Gasteiger partial charge in [0, 0.05) is 0 Å². The summed E-state index contributed by atoms with van der Waals surface area (Å²) in [6, 6.07) is 8.10. The van der Waals surface area contributed by atoms with E-state index in [1.807, 2.05) is 0 Å². The number of benzene rings is 1. The number of rotatable bonds is 2. The van der Waals surface area contributed by atoms with Crippen LogP contribution in [0.25, 0.3) is 0 Å². The molecule has 0 amide bonds. The van der Waals surface area contributed by atoms with Crippen LogP contribution in [0.5, 0.6) is 0 Å². The van der Waals surface area contributed by atoms with Gasteiger partial charge in [-0.3, -0.25) is 0 Å². The van der Waals surface area contributed by atoms with Gasteiger partial charge in [0.25, 0.3) is 0 Å². The van der Waals surface area contributed by atoms with Crippen molar-refractivity contribution >= 4 is 40.2 Å². The van der Waals surface area contributed by atoms with Gasteiger partial charge in [-0.05, 0) is 35.3 Å². The van der Waals surface area contributed by atoms with Crippen LogP contribution in [-0.2, 0) is 9.73 Å². The zero-order valence-electron chi connectivity index (χ0n) is 10.4. The van der Waals surface area contributed by atoms with Gasteiger partial charge in [0.1, 0.15) is 14.1 Å². The fourth-order valence-electron chi connectivity index (χ4n) is 1.16. The van der Waals surface area contributed by atoms with Crippen molar-refractivity contribution in [2.24, 2.45) is 0 Å². The van der Waals surface area contributed by atoms with E-state index in [4.69, 9.17) is 23.2 Å². The van der Waals surface area contributed by atoms with Gasteiger partial charge in [-0.15, -0.1) is 0 Å². The minimum atomic E-state index is -6.00. The molecule has 1 atom stereocenters. The van der Waals surface area contributed by atoms with Crippen LogP contribution in [0.15, 0.2) is 35.2 Å². The van der Waals surface area contributed by atoms with Gasteiger partial charge in [0.05, 0.1) is 4.90 Å². The van der Waals surface area contributed by atoms with E-state index < -0.39 is 20.9 Å². The number of hydrogen-bond acceptors (Lipinski definition) is 1. The summed E-state index contributed by atoms with van der Waals surface area (Å²) in [5.41, 5.74) is 0. The fraction of sp³-hybridized carbons (Fsp3) is 0.333. The van der Waals surface area contributed by atoms with Crippen LogP contribution >= 0.6 is 23.2 Å². The molecule has 0 spiro atoms. The maximum Gasteiger partial charge on any atom is 0.673 e. The first kappa shape index (κ1) is 19.5. The molecule has 0 saturated heterocycles. The van der Waals surface area contributed by atoms with Crippen molar-refractivity contribution in [3.05, 3.63) is 30.3 Å². The lowest BCUT2D eigenvalue weighted by Crippen LogP contribution is -2.28. The van der Waals surface area contributed by atoms with Crippen molar-refractivity contribution in [3.8, 4) is 0 Å². The third-order valence-corrected chi connectivity index (χ3v) is 5.71. The molecule has 0 aliphatic rings. The molecule has 0 saturated carbocycles. The molecule has 1 aromatic rings. The van der Waals surface area contributed by atoms with Crippen molar-refractivity contribution in [1.82, 2.24) is 0 Å². The summed E-state index contributed by atoms with van der Waals surface area (Å²) in [6.45, 7) is 0. The van der Waals surface area contributed by atoms with Crippen molar-refractivity contribution in [1.29, 1.82) is 0 Å². The zero-order valence-corrected chi connectivity index (χ0v) is 12.7. The molecule has 0 N–H and O–H groups in total. The molecule has 0 bridgehead atoms. The molecule has 11 heteroatoms. The van der Waals surface area contributed by atoms with Crippen molar-refractivity contribution in [3.63, 3.8) is 0 Å². The van der Waals surface area contributed by atoms with E-state index in [0.29, 0.717) is 0 Å². The van der Waals surface area contributed by atoms with Gasteiger partial charge in [0.2, 0.25) is 9.73 Å². The SMILES string of the molecule is C[N+](C)=S(=O)(c1ccccc1)C(F)(Cl)Cl.F[B-](F)(F)F. The summed E-state index contributed by atoms with van der Waals surface area (Å²) in [5.74, 6) is 0. The molecule has 0 aliphatic heterocycles. The Kier molecular flexibility index (Phi) is 6.77. The van der Waals surface area contributed by atoms with Gasteiger partial charge in [0.15, 0.2) is 0 Å². The molecule has 0 heterocycles. The van der Waals surface area contributed by atoms with Gasteiger partial charge in [-0.2, -0.15) is 12.5 Å². The second-order valence-electron chi connectivity index (χ2n) is 3.59. The molecule has 0 aliphatic carbocycles. The summed E-state index contributed by atoms with van der Waals surface area (Å²) < 4.78 is 63.4. The third-order valence-electron chi connectivity index (χ3n) is 1.89. The Morgan fingerprint density at radius 3 is 1.70 bits per heavy atom. The topological polar surface area (TPSA) is 20.1 Å². The Balaban J connectivity index is 0.000000621. The predicted molar refractivity (Wildman–Crippen MR) is 70.7 cm³/mol. The van der Waals surface area contributed by atoms with Crippen LogP contribution in [0.4, 0.5) is 21.7 Å². The van der Waals surface area contributed by atoms with Crippen LogP contribution in [-0.4, -0.2) is 33.4 Å². The van der Waals surface area contributed by atoms with Crippen molar-refractivity contribution in [2.75, 3.05) is 14.1 Å². The van der Waals surface area contributed by atoms with E-state index in [1.54, 1.807) is 18.2 Å². The number of hydrogen-bond donors (Lipinski definition) is 0. The summed E-state index contributed by atoms with van der Waals surface area (Å²) in [4.78, 5) is 0.266. The maximum atomic E-state index is 13.6. The molecule has 0 radical (unpaired) electrons. The third kappa shape index (κ3) is 5.84. The quantitative estimate of drug-likeness (QED) is 0.337. The first-order chi connectivity index (χ1) is 8.80. The second kappa shape index (κ2) is 6.95. The normalized spacial score (nSPS) is 14.8. The van der Waals surface area contributed by atoms with E-state index in [2.05, 4.69) is 0 Å². The Morgan fingerprint density at radius 1 is 1.10 bits per heavy atom. The standard InChI is InChI=1S/C9H11Cl2FNOS.BF4/c1-13(2)15(14,9(10,11)12)8-6-4-3-5-7-8;2-1(3,4)5/h3-7H,1-2H3;/q+1;-1. The second-order valence-corrected chi connectivity index (χ2v) is 8.09. The Hall–Kier alpha value is -0.535. The highest BCUT2D eigenvalue weighted by Gasteiger charge is 2.45. The molecule has 1 unspecified atom stereocenters. The van der Waals surface area contributed by atoms with Crippen LogP contribution in [0.3, 0.4) is 0 Å². The lowest BCUT2D eigenvalue weighted by atomic mass is 10.3. The van der Waals surface area contributed by atoms with E-state index >= 15 is 0 Å². The molecule has 0 aromatic heterocycles. The lowest BCUT2D eigenvalue weighted by molar-refractivity contribution is -0.441. The van der Waals surface area contributed by atoms with E-state index in [9.17, 15) is 25.9 Å². The predicted octanol–water partition coefficient (Wildman–Crippen LogP) is 4.14. The first-order valence-electron chi connectivity index (χ1n) is 5.00. The Morgan fingerprint density at radius 2 is 1.45 bits per heavy atom. The molecular formula is C9H11BCl2F5NOS. The summed E-state index contributed by atoms with van der Waals surface area (Å²) >= 11 is 10.7. The van der Waals surface area contributed by atoms with Gasteiger partial charge < -0.3 is 17.3 Å². The molecule has 1 rings (SSSR count). The molecule has 20 heavy (non-hydrogen) atoms. The van der Waals surface area contributed by atoms with Crippen LogP contribution in [0.2, 0.25) is 0 Å². The molecular weight excluding hydrogens is 347 g/mol. The van der Waals surface area contributed by atoms with E-state index in [0.717, 1.165) is 0 Å². The first-order valence-corrected chi connectivity index (χ1v) is 7.27. The highest BCUT2D eigenvalue weighted by molar-refractivity contribution is 7.95. The van der Waals surface area contributed by atoms with E-state index in [1.165, 1.54) is 30.2 Å². The molecule has 1 aromatic carbocycles. The number of nitrogens with zero attached hydrogens (tertiary/aromatic N) is 1. The largest absolute Gasteiger partial charge is 0.673 e. The van der Waals surface area contributed by atoms with Crippen molar-refractivity contribution in [2.45, 2.75) is 8.81 Å². The molecule has 2 nitrogen and oxygen atoms in total. The smallest absolute Gasteiger partial charge is 0.418 e. The lowest BCUT2D eigenvalue weighted by Gasteiger charge is -2.14. The summed E-state index contributed by atoms with van der Waals surface area (Å²) in [6.07, 6.45) is 0. The Bertz CT molecular complexity index is 542. The monoisotopic (exact) mass is 357 g/mol. The van der Waals surface area contributed by atoms with Crippen molar-refractivity contribution < 1.29 is 29.8 Å². The minimum absolute atomic E-state index is 0.266. The zero-order chi connectivity index (χ0) is 16.2. The van der Waals surface area contributed by atoms with Crippen LogP contribution in [0.1, 0.15) is 0 Å². The van der Waals surface area contributed by atoms with Gasteiger partial charge in [-0.25, -0.2) is 0 Å². The van der Waals surface area contributed by atoms with Crippen LogP contribution < -0.4 is 0 Å². The molecule has 0 fully saturated rings. The van der Waals surface area contributed by atoms with Gasteiger partial charge >= 0.3 is 11.2 Å².